The van der Waals surface area contributed by atoms with Gasteiger partial charge in [-0.15, -0.1) is 0 Å². The van der Waals surface area contributed by atoms with Gasteiger partial charge in [-0.2, -0.15) is 4.31 Å². The molecule has 3 heterocycles. The second-order valence-electron chi connectivity index (χ2n) is 10.3. The molecular formula is C32H32N2O4S. The van der Waals surface area contributed by atoms with E-state index in [0.717, 1.165) is 56.1 Å². The number of fused-ring (bicyclic) bond motifs is 3. The standard InChI is InChI=1S/C32H32N2O4S/c1-21-9-12-25(13-10-21)39(35,36)34-16-15-30-28(19-34)29-20-38-31(23-7-5-4-6-8-23)18-27(29)32(33-30)26-14-11-24(37-3)17-22(26)2/h4-14,17,31H,15-16,18-20H2,1-3H3. The van der Waals surface area contributed by atoms with Crippen molar-refractivity contribution >= 4 is 10.0 Å². The average Bonchev–Trinajstić information content (AvgIpc) is 2.97. The molecule has 0 amide bonds. The summed E-state index contributed by atoms with van der Waals surface area (Å²) in [5.41, 5.74) is 9.42. The summed E-state index contributed by atoms with van der Waals surface area (Å²) in [6.45, 7) is 5.14. The van der Waals surface area contributed by atoms with Gasteiger partial charge < -0.3 is 9.47 Å². The van der Waals surface area contributed by atoms with Crippen LogP contribution in [0, 0.1) is 13.8 Å². The van der Waals surface area contributed by atoms with Crippen LogP contribution in [0.4, 0.5) is 0 Å². The third-order valence-electron chi connectivity index (χ3n) is 7.88. The fraction of sp³-hybridized carbons (Fsp3) is 0.281. The summed E-state index contributed by atoms with van der Waals surface area (Å²) in [6, 6.07) is 23.4. The highest BCUT2D eigenvalue weighted by Gasteiger charge is 2.34. The largest absolute Gasteiger partial charge is 0.497 e. The highest BCUT2D eigenvalue weighted by Crippen LogP contribution is 2.41. The van der Waals surface area contributed by atoms with Gasteiger partial charge in [-0.3, -0.25) is 4.98 Å². The van der Waals surface area contributed by atoms with E-state index >= 15 is 0 Å². The van der Waals surface area contributed by atoms with Gasteiger partial charge >= 0.3 is 0 Å². The van der Waals surface area contributed by atoms with E-state index in [-0.39, 0.29) is 6.10 Å². The molecular weight excluding hydrogens is 508 g/mol. The lowest BCUT2D eigenvalue weighted by Gasteiger charge is -2.34. The molecule has 39 heavy (non-hydrogen) atoms. The van der Waals surface area contributed by atoms with Gasteiger partial charge in [0.05, 0.1) is 30.4 Å². The van der Waals surface area contributed by atoms with E-state index in [0.29, 0.717) is 37.4 Å². The first-order valence-electron chi connectivity index (χ1n) is 13.3. The number of nitrogens with zero attached hydrogens (tertiary/aromatic N) is 2. The van der Waals surface area contributed by atoms with Crippen LogP contribution in [0.25, 0.3) is 11.3 Å². The normalized spacial score (nSPS) is 17.4. The van der Waals surface area contributed by atoms with E-state index in [1.165, 1.54) is 0 Å². The summed E-state index contributed by atoms with van der Waals surface area (Å²) in [5.74, 6) is 0.811. The van der Waals surface area contributed by atoms with Crippen LogP contribution in [0.1, 0.15) is 45.2 Å². The van der Waals surface area contributed by atoms with Crippen LogP contribution in [0.15, 0.2) is 77.7 Å². The zero-order chi connectivity index (χ0) is 27.1. The van der Waals surface area contributed by atoms with Gasteiger partial charge in [0.15, 0.2) is 0 Å². The molecule has 0 saturated carbocycles. The van der Waals surface area contributed by atoms with Crippen molar-refractivity contribution in [2.75, 3.05) is 13.7 Å². The Labute approximate surface area is 230 Å². The van der Waals surface area contributed by atoms with Crippen LogP contribution in [-0.2, 0) is 40.8 Å². The third kappa shape index (κ3) is 4.75. The quantitative estimate of drug-likeness (QED) is 0.314. The number of ether oxygens (including phenoxy) is 2. The smallest absolute Gasteiger partial charge is 0.243 e. The number of methoxy groups -OCH3 is 1. The van der Waals surface area contributed by atoms with Crippen LogP contribution in [0.3, 0.4) is 0 Å². The van der Waals surface area contributed by atoms with Gasteiger partial charge in [0.25, 0.3) is 0 Å². The topological polar surface area (TPSA) is 68.7 Å². The molecule has 4 aromatic rings. The van der Waals surface area contributed by atoms with Crippen LogP contribution < -0.4 is 4.74 Å². The van der Waals surface area contributed by atoms with E-state index in [1.54, 1.807) is 23.5 Å². The van der Waals surface area contributed by atoms with Gasteiger partial charge in [0.2, 0.25) is 10.0 Å². The number of hydrogen-bond acceptors (Lipinski definition) is 5. The molecule has 1 unspecified atom stereocenters. The first-order valence-corrected chi connectivity index (χ1v) is 14.7. The van der Waals surface area contributed by atoms with Gasteiger partial charge in [-0.05, 0) is 72.0 Å². The number of pyridine rings is 1. The number of rotatable bonds is 5. The van der Waals surface area contributed by atoms with Crippen molar-refractivity contribution in [1.82, 2.24) is 9.29 Å². The Morgan fingerprint density at radius 2 is 1.72 bits per heavy atom. The fourth-order valence-electron chi connectivity index (χ4n) is 5.67. The molecule has 0 spiro atoms. The fourth-order valence-corrected chi connectivity index (χ4v) is 7.08. The summed E-state index contributed by atoms with van der Waals surface area (Å²) >= 11 is 0. The number of aryl methyl sites for hydroxylation is 2. The maximum absolute atomic E-state index is 13.6. The predicted molar refractivity (Wildman–Crippen MR) is 151 cm³/mol. The number of hydrogen-bond donors (Lipinski definition) is 0. The summed E-state index contributed by atoms with van der Waals surface area (Å²) in [5, 5.41) is 0. The molecule has 0 radical (unpaired) electrons. The molecule has 1 atom stereocenters. The number of sulfonamides is 1. The summed E-state index contributed by atoms with van der Waals surface area (Å²) < 4.78 is 40.6. The molecule has 2 aliphatic rings. The predicted octanol–water partition coefficient (Wildman–Crippen LogP) is 5.94. The lowest BCUT2D eigenvalue weighted by Crippen LogP contribution is -2.37. The SMILES string of the molecule is COc1ccc(-c2nc3c(c4c2CC(c2ccccc2)OC4)CN(S(=O)(=O)c2ccc(C)cc2)CC3)c(C)c1. The molecule has 6 rings (SSSR count). The van der Waals surface area contributed by atoms with Crippen molar-refractivity contribution in [2.45, 2.75) is 50.8 Å². The minimum Gasteiger partial charge on any atom is -0.497 e. The van der Waals surface area contributed by atoms with Crippen molar-refractivity contribution in [3.63, 3.8) is 0 Å². The maximum atomic E-state index is 13.6. The number of benzene rings is 3. The van der Waals surface area contributed by atoms with E-state index < -0.39 is 10.0 Å². The first kappa shape index (κ1) is 25.7. The Hall–Kier alpha value is -3.52. The van der Waals surface area contributed by atoms with Gasteiger partial charge in [0.1, 0.15) is 5.75 Å². The summed E-state index contributed by atoms with van der Waals surface area (Å²) in [7, 11) is -1.96. The van der Waals surface area contributed by atoms with Crippen molar-refractivity contribution < 1.29 is 17.9 Å². The third-order valence-corrected chi connectivity index (χ3v) is 9.74. The Kier molecular flexibility index (Phi) is 6.75. The monoisotopic (exact) mass is 540 g/mol. The Balaban J connectivity index is 1.45. The molecule has 200 valence electrons. The van der Waals surface area contributed by atoms with Gasteiger partial charge in [-0.1, -0.05) is 48.0 Å². The maximum Gasteiger partial charge on any atom is 0.243 e. The minimum atomic E-state index is -3.63. The molecule has 2 aliphatic heterocycles. The Morgan fingerprint density at radius 1 is 0.949 bits per heavy atom. The minimum absolute atomic E-state index is 0.0909. The number of aromatic nitrogens is 1. The molecule has 3 aromatic carbocycles. The second kappa shape index (κ2) is 10.2. The Morgan fingerprint density at radius 3 is 2.44 bits per heavy atom. The van der Waals surface area contributed by atoms with E-state index in [9.17, 15) is 8.42 Å². The molecule has 0 fully saturated rings. The average molecular weight is 541 g/mol. The van der Waals surface area contributed by atoms with Crippen molar-refractivity contribution in [3.05, 3.63) is 112 Å². The van der Waals surface area contributed by atoms with Crippen LogP contribution in [0.5, 0.6) is 5.75 Å². The zero-order valence-corrected chi connectivity index (χ0v) is 23.3. The highest BCUT2D eigenvalue weighted by molar-refractivity contribution is 7.89. The summed E-state index contributed by atoms with van der Waals surface area (Å²) in [6.07, 6.45) is 1.13. The first-order chi connectivity index (χ1) is 18.8. The second-order valence-corrected chi connectivity index (χ2v) is 12.3. The van der Waals surface area contributed by atoms with Crippen molar-refractivity contribution in [1.29, 1.82) is 0 Å². The molecule has 0 bridgehead atoms. The van der Waals surface area contributed by atoms with E-state index in [2.05, 4.69) is 25.1 Å². The van der Waals surface area contributed by atoms with Gasteiger partial charge in [-0.25, -0.2) is 8.42 Å². The Bertz CT molecular complexity index is 1630. The van der Waals surface area contributed by atoms with E-state index in [1.807, 2.05) is 49.4 Å². The van der Waals surface area contributed by atoms with E-state index in [4.69, 9.17) is 14.5 Å². The molecule has 0 saturated heterocycles. The van der Waals surface area contributed by atoms with Crippen LogP contribution >= 0.6 is 0 Å². The molecule has 6 nitrogen and oxygen atoms in total. The van der Waals surface area contributed by atoms with Crippen molar-refractivity contribution in [3.8, 4) is 17.0 Å². The summed E-state index contributed by atoms with van der Waals surface area (Å²) in [4.78, 5) is 5.55. The lowest BCUT2D eigenvalue weighted by molar-refractivity contribution is 0.0265. The van der Waals surface area contributed by atoms with Crippen LogP contribution in [-0.4, -0.2) is 31.4 Å². The molecule has 0 aliphatic carbocycles. The van der Waals surface area contributed by atoms with Gasteiger partial charge in [0, 0.05) is 37.2 Å². The zero-order valence-electron chi connectivity index (χ0n) is 22.5. The molecule has 0 N–H and O–H groups in total. The molecule has 1 aromatic heterocycles. The highest BCUT2D eigenvalue weighted by atomic mass is 32.2. The molecule has 7 heteroatoms. The van der Waals surface area contributed by atoms with Crippen molar-refractivity contribution in [2.24, 2.45) is 0 Å². The lowest BCUT2D eigenvalue weighted by atomic mass is 9.86. The van der Waals surface area contributed by atoms with Crippen LogP contribution in [0.2, 0.25) is 0 Å².